The summed E-state index contributed by atoms with van der Waals surface area (Å²) in [4.78, 5) is 15.9. The van der Waals surface area contributed by atoms with Crippen LogP contribution in [0, 0.1) is 0 Å². The lowest BCUT2D eigenvalue weighted by Crippen LogP contribution is -2.13. The molecule has 1 aromatic carbocycles. The second-order valence-corrected chi connectivity index (χ2v) is 5.47. The van der Waals surface area contributed by atoms with E-state index >= 15 is 0 Å². The molecule has 1 amide bonds. The van der Waals surface area contributed by atoms with E-state index in [-0.39, 0.29) is 15.9 Å². The van der Waals surface area contributed by atoms with Crippen LogP contribution in [0.5, 0.6) is 0 Å². The van der Waals surface area contributed by atoms with Gasteiger partial charge in [-0.25, -0.2) is 4.98 Å². The number of anilines is 1. The molecule has 0 atom stereocenters. The zero-order valence-electron chi connectivity index (χ0n) is 9.25. The molecule has 2 rings (SSSR count). The molecule has 98 valence electrons. The van der Waals surface area contributed by atoms with Crippen LogP contribution in [0.25, 0.3) is 0 Å². The number of amides is 1. The minimum absolute atomic E-state index is 0.0446. The third-order valence-electron chi connectivity index (χ3n) is 2.26. The number of rotatable bonds is 2. The average Bonchev–Trinajstić information content (AvgIpc) is 2.34. The van der Waals surface area contributed by atoms with Crippen molar-refractivity contribution >= 4 is 62.3 Å². The number of benzene rings is 1. The molecule has 2 aromatic rings. The Balaban J connectivity index is 2.28. The van der Waals surface area contributed by atoms with Crippen molar-refractivity contribution in [3.8, 4) is 0 Å². The van der Waals surface area contributed by atoms with E-state index in [1.54, 1.807) is 18.2 Å². The van der Waals surface area contributed by atoms with E-state index in [2.05, 4.69) is 26.2 Å². The summed E-state index contributed by atoms with van der Waals surface area (Å²) in [6.07, 6.45) is 0. The molecule has 0 fully saturated rings. The van der Waals surface area contributed by atoms with Crippen molar-refractivity contribution in [2.24, 2.45) is 0 Å². The van der Waals surface area contributed by atoms with Crippen LogP contribution in [0.15, 0.2) is 34.8 Å². The number of nitrogens with one attached hydrogen (secondary N) is 1. The number of pyridine rings is 1. The molecule has 19 heavy (non-hydrogen) atoms. The van der Waals surface area contributed by atoms with Crippen molar-refractivity contribution in [3.63, 3.8) is 0 Å². The zero-order valence-corrected chi connectivity index (χ0v) is 13.1. The molecule has 7 heteroatoms. The van der Waals surface area contributed by atoms with Gasteiger partial charge in [0, 0.05) is 0 Å². The molecular weight excluding hydrogens is 374 g/mol. The molecule has 1 aromatic heterocycles. The van der Waals surface area contributed by atoms with Crippen LogP contribution < -0.4 is 5.32 Å². The number of hydrogen-bond donors (Lipinski definition) is 1. The highest BCUT2D eigenvalue weighted by atomic mass is 79.9. The van der Waals surface area contributed by atoms with Crippen molar-refractivity contribution in [2.75, 3.05) is 5.32 Å². The van der Waals surface area contributed by atoms with Gasteiger partial charge in [-0.15, -0.1) is 0 Å². The normalized spacial score (nSPS) is 10.3. The fourth-order valence-electron chi connectivity index (χ4n) is 1.37. The van der Waals surface area contributed by atoms with Gasteiger partial charge in [-0.05, 0) is 40.2 Å². The quantitative estimate of drug-likeness (QED) is 0.740. The minimum atomic E-state index is -0.392. The lowest BCUT2D eigenvalue weighted by Gasteiger charge is -2.09. The third-order valence-corrected chi connectivity index (χ3v) is 4.16. The smallest absolute Gasteiger partial charge is 0.258 e. The molecule has 0 unspecified atom stereocenters. The van der Waals surface area contributed by atoms with Crippen molar-refractivity contribution < 1.29 is 4.79 Å². The predicted octanol–water partition coefficient (Wildman–Crippen LogP) is 5.06. The van der Waals surface area contributed by atoms with Crippen LogP contribution in [-0.2, 0) is 0 Å². The zero-order chi connectivity index (χ0) is 14.0. The Labute approximate surface area is 133 Å². The summed E-state index contributed by atoms with van der Waals surface area (Å²) >= 11 is 20.8. The van der Waals surface area contributed by atoms with E-state index in [1.807, 2.05) is 0 Å². The predicted molar refractivity (Wildman–Crippen MR) is 81.4 cm³/mol. The summed E-state index contributed by atoms with van der Waals surface area (Å²) < 4.78 is 0.600. The van der Waals surface area contributed by atoms with Gasteiger partial charge in [0.2, 0.25) is 0 Å². The third kappa shape index (κ3) is 3.39. The number of carbonyl (C=O) groups excluding carboxylic acids is 1. The molecule has 0 bridgehead atoms. The number of aromatic nitrogens is 1. The van der Waals surface area contributed by atoms with Crippen LogP contribution >= 0.6 is 50.7 Å². The molecule has 0 aliphatic rings. The average molecular weight is 380 g/mol. The number of halogens is 4. The fourth-order valence-corrected chi connectivity index (χ4v) is 2.34. The first-order valence-electron chi connectivity index (χ1n) is 5.06. The van der Waals surface area contributed by atoms with E-state index < -0.39 is 5.91 Å². The van der Waals surface area contributed by atoms with Gasteiger partial charge < -0.3 is 5.32 Å². The van der Waals surface area contributed by atoms with Gasteiger partial charge in [0.25, 0.3) is 5.91 Å². The minimum Gasteiger partial charge on any atom is -0.321 e. The van der Waals surface area contributed by atoms with Crippen molar-refractivity contribution in [2.45, 2.75) is 0 Å². The van der Waals surface area contributed by atoms with Crippen molar-refractivity contribution in [3.05, 3.63) is 55.7 Å². The molecule has 0 spiro atoms. The highest BCUT2D eigenvalue weighted by Crippen LogP contribution is 2.30. The molecule has 1 heterocycles. The molecule has 3 nitrogen and oxygen atoms in total. The largest absolute Gasteiger partial charge is 0.321 e. The van der Waals surface area contributed by atoms with Crippen LogP contribution in [0.2, 0.25) is 15.3 Å². The van der Waals surface area contributed by atoms with E-state index in [0.717, 1.165) is 0 Å². The standard InChI is InChI=1S/C12H6BrCl3N2O/c13-10-7(14)2-1-3-8(10)17-12(19)6-4-5-9(15)18-11(6)16/h1-5H,(H,17,19). The maximum Gasteiger partial charge on any atom is 0.258 e. The van der Waals surface area contributed by atoms with Crippen LogP contribution in [0.1, 0.15) is 10.4 Å². The Morgan fingerprint density at radius 1 is 1.16 bits per heavy atom. The summed E-state index contributed by atoms with van der Waals surface area (Å²) in [5.74, 6) is -0.392. The van der Waals surface area contributed by atoms with Gasteiger partial charge in [-0.3, -0.25) is 4.79 Å². The van der Waals surface area contributed by atoms with Crippen molar-refractivity contribution in [1.29, 1.82) is 0 Å². The number of nitrogens with zero attached hydrogens (tertiary/aromatic N) is 1. The molecule has 0 saturated heterocycles. The van der Waals surface area contributed by atoms with Gasteiger partial charge in [0.1, 0.15) is 10.3 Å². The Kier molecular flexibility index (Phi) is 4.68. The summed E-state index contributed by atoms with van der Waals surface area (Å²) in [6.45, 7) is 0. The fraction of sp³-hybridized carbons (Fsp3) is 0. The van der Waals surface area contributed by atoms with Gasteiger partial charge in [0.15, 0.2) is 0 Å². The first-order valence-corrected chi connectivity index (χ1v) is 6.99. The number of carbonyl (C=O) groups is 1. The SMILES string of the molecule is O=C(Nc1cccc(Cl)c1Br)c1ccc(Cl)nc1Cl. The first-order chi connectivity index (χ1) is 8.99. The molecule has 1 N–H and O–H groups in total. The second-order valence-electron chi connectivity index (χ2n) is 3.53. The Hall–Kier alpha value is -0.810. The lowest BCUT2D eigenvalue weighted by atomic mass is 10.2. The first kappa shape index (κ1) is 14.6. The van der Waals surface area contributed by atoms with Crippen molar-refractivity contribution in [1.82, 2.24) is 4.98 Å². The summed E-state index contributed by atoms with van der Waals surface area (Å²) in [5, 5.41) is 3.46. The highest BCUT2D eigenvalue weighted by Gasteiger charge is 2.14. The van der Waals surface area contributed by atoms with Gasteiger partial charge in [-0.2, -0.15) is 0 Å². The summed E-state index contributed by atoms with van der Waals surface area (Å²) in [5.41, 5.74) is 0.779. The molecule has 0 aliphatic carbocycles. The van der Waals surface area contributed by atoms with E-state index in [4.69, 9.17) is 34.8 Å². The van der Waals surface area contributed by atoms with Gasteiger partial charge in [0.05, 0.1) is 20.7 Å². The summed E-state index contributed by atoms with van der Waals surface area (Å²) in [7, 11) is 0. The second kappa shape index (κ2) is 6.09. The van der Waals surface area contributed by atoms with E-state index in [1.165, 1.54) is 12.1 Å². The number of hydrogen-bond acceptors (Lipinski definition) is 2. The highest BCUT2D eigenvalue weighted by molar-refractivity contribution is 9.10. The monoisotopic (exact) mass is 378 g/mol. The lowest BCUT2D eigenvalue weighted by molar-refractivity contribution is 0.102. The van der Waals surface area contributed by atoms with Crippen LogP contribution in [0.4, 0.5) is 5.69 Å². The topological polar surface area (TPSA) is 42.0 Å². The summed E-state index contributed by atoms with van der Waals surface area (Å²) in [6, 6.07) is 8.15. The van der Waals surface area contributed by atoms with E-state index in [0.29, 0.717) is 15.2 Å². The molecule has 0 radical (unpaired) electrons. The molecular formula is C12H6BrCl3N2O. The Bertz CT molecular complexity index is 649. The molecule has 0 saturated carbocycles. The van der Waals surface area contributed by atoms with Crippen LogP contribution in [-0.4, -0.2) is 10.9 Å². The Morgan fingerprint density at radius 3 is 2.58 bits per heavy atom. The van der Waals surface area contributed by atoms with Gasteiger partial charge in [-0.1, -0.05) is 40.9 Å². The van der Waals surface area contributed by atoms with Crippen LogP contribution in [0.3, 0.4) is 0 Å². The maximum atomic E-state index is 12.1. The maximum absolute atomic E-state index is 12.1. The van der Waals surface area contributed by atoms with E-state index in [9.17, 15) is 4.79 Å². The molecule has 0 aliphatic heterocycles. The Morgan fingerprint density at radius 2 is 1.89 bits per heavy atom. The van der Waals surface area contributed by atoms with Gasteiger partial charge >= 0.3 is 0 Å².